The lowest BCUT2D eigenvalue weighted by Gasteiger charge is -2.06. The number of sulfonamides is 1. The molecule has 0 fully saturated rings. The average Bonchev–Trinajstić information content (AvgIpc) is 2.26. The van der Waals surface area contributed by atoms with Gasteiger partial charge in [-0.05, 0) is 19.1 Å². The van der Waals surface area contributed by atoms with Gasteiger partial charge in [-0.2, -0.15) is 0 Å². The van der Waals surface area contributed by atoms with Crippen LogP contribution in [0.2, 0.25) is 0 Å². The maximum atomic E-state index is 11.6. The number of benzene rings is 1. The van der Waals surface area contributed by atoms with Gasteiger partial charge in [-0.3, -0.25) is 4.84 Å². The maximum absolute atomic E-state index is 11.6. The molecule has 0 radical (unpaired) electrons. The number of hydrogen-bond acceptors (Lipinski definition) is 4. The van der Waals surface area contributed by atoms with E-state index in [1.807, 2.05) is 4.89 Å². The molecule has 0 atom stereocenters. The number of nitrogens with one attached hydrogen (secondary N) is 1. The molecule has 5 nitrogen and oxygen atoms in total. The lowest BCUT2D eigenvalue weighted by molar-refractivity contribution is 0.105. The third-order valence-corrected chi connectivity index (χ3v) is 2.88. The van der Waals surface area contributed by atoms with Crippen LogP contribution >= 0.6 is 0 Å². The fourth-order valence-electron chi connectivity index (χ4n) is 0.953. The minimum absolute atomic E-state index is 0.107. The molecule has 0 heterocycles. The van der Waals surface area contributed by atoms with Gasteiger partial charge in [0.15, 0.2) is 0 Å². The molecule has 0 unspecified atom stereocenters. The summed E-state index contributed by atoms with van der Waals surface area (Å²) in [4.78, 5) is 6.75. The minimum Gasteiger partial charge on any atom is -0.497 e. The molecule has 15 heavy (non-hydrogen) atoms. The van der Waals surface area contributed by atoms with Crippen LogP contribution in [0, 0.1) is 0 Å². The topological polar surface area (TPSA) is 64.6 Å². The average molecular weight is 231 g/mol. The van der Waals surface area contributed by atoms with Crippen LogP contribution in [0.15, 0.2) is 29.2 Å². The lowest BCUT2D eigenvalue weighted by Crippen LogP contribution is -2.23. The molecule has 1 N–H and O–H groups in total. The third kappa shape index (κ3) is 3.19. The summed E-state index contributed by atoms with van der Waals surface area (Å²) in [6.45, 7) is 1.96. The molecule has 1 rings (SSSR count). The first-order valence-electron chi connectivity index (χ1n) is 4.38. The second-order valence-corrected chi connectivity index (χ2v) is 4.34. The molecule has 0 amide bonds. The molecule has 0 saturated carbocycles. The summed E-state index contributed by atoms with van der Waals surface area (Å²) in [6.07, 6.45) is 0. The summed E-state index contributed by atoms with van der Waals surface area (Å²) in [6, 6.07) is 6.14. The monoisotopic (exact) mass is 231 g/mol. The Morgan fingerprint density at radius 1 is 1.40 bits per heavy atom. The Balaban J connectivity index is 2.94. The second kappa shape index (κ2) is 5.11. The van der Waals surface area contributed by atoms with E-state index in [9.17, 15) is 8.42 Å². The molecule has 1 aromatic rings. The molecule has 0 aromatic heterocycles. The highest BCUT2D eigenvalue weighted by Gasteiger charge is 2.14. The van der Waals surface area contributed by atoms with Crippen molar-refractivity contribution >= 4 is 10.0 Å². The molecular formula is C9H13NO4S. The number of ether oxygens (including phenoxy) is 1. The fourth-order valence-corrected chi connectivity index (χ4v) is 1.85. The maximum Gasteiger partial charge on any atom is 0.262 e. The molecule has 0 spiro atoms. The van der Waals surface area contributed by atoms with Crippen molar-refractivity contribution in [3.63, 3.8) is 0 Å². The van der Waals surface area contributed by atoms with Crippen molar-refractivity contribution in [2.45, 2.75) is 11.8 Å². The quantitative estimate of drug-likeness (QED) is 0.765. The number of rotatable bonds is 5. The van der Waals surface area contributed by atoms with Gasteiger partial charge >= 0.3 is 0 Å². The Hall–Kier alpha value is -1.11. The van der Waals surface area contributed by atoms with Crippen LogP contribution < -0.4 is 9.62 Å². The molecular weight excluding hydrogens is 218 g/mol. The highest BCUT2D eigenvalue weighted by molar-refractivity contribution is 7.89. The van der Waals surface area contributed by atoms with Crippen molar-refractivity contribution in [3.05, 3.63) is 24.3 Å². The van der Waals surface area contributed by atoms with Crippen molar-refractivity contribution in [2.75, 3.05) is 13.7 Å². The SMILES string of the molecule is CCONS(=O)(=O)c1cccc(OC)c1. The summed E-state index contributed by atoms with van der Waals surface area (Å²) in [5.74, 6) is 0.481. The Morgan fingerprint density at radius 3 is 2.73 bits per heavy atom. The van der Waals surface area contributed by atoms with Gasteiger partial charge in [0.1, 0.15) is 5.75 Å². The summed E-state index contributed by atoms with van der Waals surface area (Å²) in [5, 5.41) is 0. The summed E-state index contributed by atoms with van der Waals surface area (Å²) in [7, 11) is -2.13. The van der Waals surface area contributed by atoms with Crippen molar-refractivity contribution in [1.29, 1.82) is 0 Å². The van der Waals surface area contributed by atoms with Gasteiger partial charge in [0.05, 0.1) is 18.6 Å². The molecule has 0 aliphatic rings. The van der Waals surface area contributed by atoms with Crippen LogP contribution in [-0.4, -0.2) is 22.1 Å². The highest BCUT2D eigenvalue weighted by atomic mass is 32.2. The fraction of sp³-hybridized carbons (Fsp3) is 0.333. The molecule has 6 heteroatoms. The van der Waals surface area contributed by atoms with E-state index in [4.69, 9.17) is 4.74 Å². The van der Waals surface area contributed by atoms with Crippen LogP contribution in [0.25, 0.3) is 0 Å². The predicted molar refractivity (Wildman–Crippen MR) is 54.9 cm³/mol. The van der Waals surface area contributed by atoms with Crippen molar-refractivity contribution in [1.82, 2.24) is 4.89 Å². The van der Waals surface area contributed by atoms with E-state index in [-0.39, 0.29) is 11.5 Å². The number of methoxy groups -OCH3 is 1. The summed E-state index contributed by atoms with van der Waals surface area (Å²) in [5.41, 5.74) is 0. The van der Waals surface area contributed by atoms with Gasteiger partial charge in [-0.15, -0.1) is 0 Å². The van der Waals surface area contributed by atoms with Crippen molar-refractivity contribution in [2.24, 2.45) is 0 Å². The van der Waals surface area contributed by atoms with E-state index < -0.39 is 10.0 Å². The Labute approximate surface area is 89.0 Å². The zero-order valence-corrected chi connectivity index (χ0v) is 9.37. The van der Waals surface area contributed by atoms with E-state index in [2.05, 4.69) is 4.84 Å². The van der Waals surface area contributed by atoms with Gasteiger partial charge in [-0.25, -0.2) is 8.42 Å². The van der Waals surface area contributed by atoms with Crippen LogP contribution in [0.1, 0.15) is 6.92 Å². The van der Waals surface area contributed by atoms with Gasteiger partial charge in [-0.1, -0.05) is 11.0 Å². The predicted octanol–water partition coefficient (Wildman–Crippen LogP) is 0.925. The molecule has 0 saturated heterocycles. The Bertz CT molecular complexity index is 416. The largest absolute Gasteiger partial charge is 0.497 e. The minimum atomic E-state index is -3.61. The molecule has 0 aliphatic heterocycles. The Kier molecular flexibility index (Phi) is 4.07. The Morgan fingerprint density at radius 2 is 2.13 bits per heavy atom. The van der Waals surface area contributed by atoms with Crippen LogP contribution in [0.4, 0.5) is 0 Å². The van der Waals surface area contributed by atoms with Gasteiger partial charge in [0.25, 0.3) is 10.0 Å². The van der Waals surface area contributed by atoms with E-state index >= 15 is 0 Å². The standard InChI is InChI=1S/C9H13NO4S/c1-3-14-10-15(11,12)9-6-4-5-8(7-9)13-2/h4-7,10H,3H2,1-2H3. The summed E-state index contributed by atoms with van der Waals surface area (Å²) >= 11 is 0. The second-order valence-electron chi connectivity index (χ2n) is 2.70. The first kappa shape index (κ1) is 12.0. The van der Waals surface area contributed by atoms with Gasteiger partial charge in [0.2, 0.25) is 0 Å². The lowest BCUT2D eigenvalue weighted by atomic mass is 10.3. The van der Waals surface area contributed by atoms with Crippen molar-refractivity contribution < 1.29 is 18.0 Å². The molecule has 0 bridgehead atoms. The summed E-state index contributed by atoms with van der Waals surface area (Å²) < 4.78 is 28.1. The van der Waals surface area contributed by atoms with Gasteiger partial charge < -0.3 is 4.74 Å². The van der Waals surface area contributed by atoms with Crippen LogP contribution in [0.5, 0.6) is 5.75 Å². The first-order valence-corrected chi connectivity index (χ1v) is 5.86. The van der Waals surface area contributed by atoms with E-state index in [1.165, 1.54) is 19.2 Å². The van der Waals surface area contributed by atoms with Gasteiger partial charge in [0, 0.05) is 6.07 Å². The van der Waals surface area contributed by atoms with E-state index in [0.717, 1.165) is 0 Å². The number of hydrogen-bond donors (Lipinski definition) is 1. The van der Waals surface area contributed by atoms with E-state index in [0.29, 0.717) is 5.75 Å². The molecule has 0 aliphatic carbocycles. The van der Waals surface area contributed by atoms with E-state index in [1.54, 1.807) is 19.1 Å². The molecule has 1 aromatic carbocycles. The normalized spacial score (nSPS) is 11.3. The smallest absolute Gasteiger partial charge is 0.262 e. The zero-order valence-electron chi connectivity index (χ0n) is 8.56. The highest BCUT2D eigenvalue weighted by Crippen LogP contribution is 2.16. The molecule has 84 valence electrons. The van der Waals surface area contributed by atoms with Crippen LogP contribution in [-0.2, 0) is 14.9 Å². The van der Waals surface area contributed by atoms with Crippen LogP contribution in [0.3, 0.4) is 0 Å². The first-order chi connectivity index (χ1) is 7.10. The van der Waals surface area contributed by atoms with Crippen molar-refractivity contribution in [3.8, 4) is 5.75 Å². The third-order valence-electron chi connectivity index (χ3n) is 1.66. The zero-order chi connectivity index (χ0) is 11.3.